The second-order valence-corrected chi connectivity index (χ2v) is 5.49. The van der Waals surface area contributed by atoms with Crippen LogP contribution < -0.4 is 11.3 Å². The number of hydrogen-bond acceptors (Lipinski definition) is 3. The van der Waals surface area contributed by atoms with E-state index in [1.165, 1.54) is 0 Å². The summed E-state index contributed by atoms with van der Waals surface area (Å²) in [5.74, 6) is 5.74. The first-order valence-electron chi connectivity index (χ1n) is 6.76. The molecule has 0 bridgehead atoms. The van der Waals surface area contributed by atoms with Crippen LogP contribution in [-0.4, -0.2) is 4.98 Å². The highest BCUT2D eigenvalue weighted by molar-refractivity contribution is 6.30. The molecule has 3 nitrogen and oxygen atoms in total. The average molecular weight is 298 g/mol. The highest BCUT2D eigenvalue weighted by atomic mass is 35.5. The van der Waals surface area contributed by atoms with Crippen LogP contribution in [0.4, 0.5) is 0 Å². The van der Waals surface area contributed by atoms with Crippen molar-refractivity contribution in [2.24, 2.45) is 5.84 Å². The van der Waals surface area contributed by atoms with Crippen molar-refractivity contribution in [2.45, 2.75) is 13.0 Å². The molecule has 0 radical (unpaired) electrons. The van der Waals surface area contributed by atoms with Crippen molar-refractivity contribution < 1.29 is 0 Å². The number of pyridine rings is 1. The van der Waals surface area contributed by atoms with E-state index in [0.29, 0.717) is 5.02 Å². The zero-order chi connectivity index (χ0) is 14.8. The highest BCUT2D eigenvalue weighted by Crippen LogP contribution is 2.25. The monoisotopic (exact) mass is 297 g/mol. The number of benzene rings is 2. The zero-order valence-corrected chi connectivity index (χ0v) is 12.4. The number of rotatable bonds is 3. The molecule has 0 saturated heterocycles. The van der Waals surface area contributed by atoms with Gasteiger partial charge in [-0.05, 0) is 48.4 Å². The van der Waals surface area contributed by atoms with E-state index in [9.17, 15) is 0 Å². The lowest BCUT2D eigenvalue weighted by atomic mass is 9.98. The van der Waals surface area contributed by atoms with E-state index in [4.69, 9.17) is 17.4 Å². The molecule has 0 saturated carbocycles. The number of nitrogens with zero attached hydrogens (tertiary/aromatic N) is 1. The molecule has 1 heterocycles. The van der Waals surface area contributed by atoms with Gasteiger partial charge in [0.2, 0.25) is 0 Å². The largest absolute Gasteiger partial charge is 0.271 e. The lowest BCUT2D eigenvalue weighted by Crippen LogP contribution is -2.28. The molecule has 0 amide bonds. The summed E-state index contributed by atoms with van der Waals surface area (Å²) in [6.07, 6.45) is 0. The molecule has 1 atom stereocenters. The Kier molecular flexibility index (Phi) is 3.88. The van der Waals surface area contributed by atoms with Crippen LogP contribution in [0, 0.1) is 6.92 Å². The third-order valence-corrected chi connectivity index (χ3v) is 3.81. The van der Waals surface area contributed by atoms with Crippen LogP contribution in [0.5, 0.6) is 0 Å². The Hall–Kier alpha value is -1.94. The quantitative estimate of drug-likeness (QED) is 0.572. The normalized spacial score (nSPS) is 12.5. The van der Waals surface area contributed by atoms with Crippen LogP contribution >= 0.6 is 11.6 Å². The lowest BCUT2D eigenvalue weighted by Gasteiger charge is -2.17. The minimum Gasteiger partial charge on any atom is -0.271 e. The van der Waals surface area contributed by atoms with Gasteiger partial charge in [0.15, 0.2) is 0 Å². The molecule has 3 aromatic rings. The van der Waals surface area contributed by atoms with Crippen molar-refractivity contribution >= 4 is 22.5 Å². The summed E-state index contributed by atoms with van der Waals surface area (Å²) < 4.78 is 0. The molecule has 0 aliphatic carbocycles. The van der Waals surface area contributed by atoms with Crippen molar-refractivity contribution in [3.05, 3.63) is 76.4 Å². The molecule has 0 spiro atoms. The Balaban J connectivity index is 2.04. The van der Waals surface area contributed by atoms with Gasteiger partial charge in [0.05, 0.1) is 11.6 Å². The van der Waals surface area contributed by atoms with Crippen molar-refractivity contribution in [1.29, 1.82) is 0 Å². The van der Waals surface area contributed by atoms with E-state index in [1.54, 1.807) is 0 Å². The van der Waals surface area contributed by atoms with Crippen molar-refractivity contribution in [3.8, 4) is 0 Å². The SMILES string of the molecule is Cc1ccc2cc(C(NN)c3ccc(Cl)cc3)ccc2n1. The van der Waals surface area contributed by atoms with E-state index in [-0.39, 0.29) is 6.04 Å². The molecule has 0 fully saturated rings. The van der Waals surface area contributed by atoms with Gasteiger partial charge in [0.1, 0.15) is 0 Å². The predicted molar refractivity (Wildman–Crippen MR) is 87.1 cm³/mol. The Bertz CT molecular complexity index is 769. The van der Waals surface area contributed by atoms with Gasteiger partial charge in [-0.15, -0.1) is 0 Å². The molecule has 1 aromatic heterocycles. The minimum absolute atomic E-state index is 0.0760. The van der Waals surface area contributed by atoms with Crippen molar-refractivity contribution in [1.82, 2.24) is 10.4 Å². The first-order valence-corrected chi connectivity index (χ1v) is 7.14. The Morgan fingerprint density at radius 3 is 2.43 bits per heavy atom. The summed E-state index contributed by atoms with van der Waals surface area (Å²) >= 11 is 5.94. The van der Waals surface area contributed by atoms with Gasteiger partial charge >= 0.3 is 0 Å². The maximum absolute atomic E-state index is 5.94. The number of nitrogens with two attached hydrogens (primary N) is 1. The van der Waals surface area contributed by atoms with Crippen molar-refractivity contribution in [3.63, 3.8) is 0 Å². The molecule has 1 unspecified atom stereocenters. The Morgan fingerprint density at radius 2 is 1.71 bits per heavy atom. The van der Waals surface area contributed by atoms with Crippen LogP contribution in [-0.2, 0) is 0 Å². The smallest absolute Gasteiger partial charge is 0.0710 e. The maximum atomic E-state index is 5.94. The number of aromatic nitrogens is 1. The molecule has 4 heteroatoms. The van der Waals surface area contributed by atoms with E-state index in [2.05, 4.69) is 22.5 Å². The van der Waals surface area contributed by atoms with Gasteiger partial charge in [-0.2, -0.15) is 0 Å². The van der Waals surface area contributed by atoms with Crippen LogP contribution in [0.25, 0.3) is 10.9 Å². The van der Waals surface area contributed by atoms with Crippen LogP contribution in [0.3, 0.4) is 0 Å². The lowest BCUT2D eigenvalue weighted by molar-refractivity contribution is 0.637. The molecule has 21 heavy (non-hydrogen) atoms. The first kappa shape index (κ1) is 14.0. The maximum Gasteiger partial charge on any atom is 0.0710 e. The van der Waals surface area contributed by atoms with Gasteiger partial charge < -0.3 is 0 Å². The molecule has 0 aliphatic rings. The summed E-state index contributed by atoms with van der Waals surface area (Å²) in [5.41, 5.74) is 7.04. The number of hydrazine groups is 1. The number of hydrogen-bond donors (Lipinski definition) is 2. The number of fused-ring (bicyclic) bond motifs is 1. The summed E-state index contributed by atoms with van der Waals surface area (Å²) in [4.78, 5) is 4.52. The molecule has 2 aromatic carbocycles. The van der Waals surface area contributed by atoms with Gasteiger partial charge in [-0.1, -0.05) is 35.9 Å². The molecule has 106 valence electrons. The highest BCUT2D eigenvalue weighted by Gasteiger charge is 2.13. The Labute approximate surface area is 128 Å². The van der Waals surface area contributed by atoms with Crippen LogP contribution in [0.15, 0.2) is 54.6 Å². The standard InChI is InChI=1S/C17H16ClN3/c1-11-2-3-13-10-14(6-9-16(13)20-11)17(21-19)12-4-7-15(18)8-5-12/h2-10,17,21H,19H2,1H3. The molecular formula is C17H16ClN3. The minimum atomic E-state index is -0.0760. The number of nitrogens with one attached hydrogen (secondary N) is 1. The van der Waals surface area contributed by atoms with E-state index >= 15 is 0 Å². The second-order valence-electron chi connectivity index (χ2n) is 5.06. The summed E-state index contributed by atoms with van der Waals surface area (Å²) in [6.45, 7) is 1.99. The van der Waals surface area contributed by atoms with E-state index < -0.39 is 0 Å². The van der Waals surface area contributed by atoms with E-state index in [1.807, 2.05) is 49.4 Å². The van der Waals surface area contributed by atoms with Gasteiger partial charge in [-0.25, -0.2) is 5.43 Å². The predicted octanol–water partition coefficient (Wildman–Crippen LogP) is 3.75. The summed E-state index contributed by atoms with van der Waals surface area (Å²) in [7, 11) is 0. The van der Waals surface area contributed by atoms with E-state index in [0.717, 1.165) is 27.7 Å². The van der Waals surface area contributed by atoms with Gasteiger partial charge in [0, 0.05) is 16.1 Å². The molecule has 0 aliphatic heterocycles. The second kappa shape index (κ2) is 5.82. The average Bonchev–Trinajstić information content (AvgIpc) is 2.50. The van der Waals surface area contributed by atoms with Crippen molar-refractivity contribution in [2.75, 3.05) is 0 Å². The molecule has 3 rings (SSSR count). The molecule has 3 N–H and O–H groups in total. The van der Waals surface area contributed by atoms with Crippen LogP contribution in [0.2, 0.25) is 5.02 Å². The third-order valence-electron chi connectivity index (χ3n) is 3.56. The number of halogens is 1. The summed E-state index contributed by atoms with van der Waals surface area (Å²) in [6, 6.07) is 17.9. The summed E-state index contributed by atoms with van der Waals surface area (Å²) in [5, 5.41) is 1.82. The fraction of sp³-hybridized carbons (Fsp3) is 0.118. The zero-order valence-electron chi connectivity index (χ0n) is 11.7. The van der Waals surface area contributed by atoms with Gasteiger partial charge in [0.25, 0.3) is 0 Å². The fourth-order valence-corrected chi connectivity index (χ4v) is 2.59. The first-order chi connectivity index (χ1) is 10.2. The number of aryl methyl sites for hydroxylation is 1. The topological polar surface area (TPSA) is 50.9 Å². The third kappa shape index (κ3) is 2.90. The van der Waals surface area contributed by atoms with Gasteiger partial charge in [-0.3, -0.25) is 10.8 Å². The Morgan fingerprint density at radius 1 is 1.00 bits per heavy atom. The fourth-order valence-electron chi connectivity index (χ4n) is 2.47. The van der Waals surface area contributed by atoms with Crippen LogP contribution in [0.1, 0.15) is 22.9 Å². The molecular weight excluding hydrogens is 282 g/mol.